The van der Waals surface area contributed by atoms with Crippen LogP contribution in [0.25, 0.3) is 0 Å². The molecule has 6 heteroatoms. The van der Waals surface area contributed by atoms with Gasteiger partial charge in [-0.05, 0) is 26.3 Å². The Labute approximate surface area is 113 Å². The molecule has 19 heavy (non-hydrogen) atoms. The van der Waals surface area contributed by atoms with Crippen molar-refractivity contribution >= 4 is 15.5 Å². The summed E-state index contributed by atoms with van der Waals surface area (Å²) in [5.74, 6) is 0.382. The monoisotopic (exact) mass is 279 g/mol. The molecular weight excluding hydrogens is 262 g/mol. The molecule has 0 saturated carbocycles. The minimum absolute atomic E-state index is 0.151. The SMILES string of the molecule is Cc1cc(N2CCCS(=O)(=O)CC2)c(C#N)c(C)n1. The largest absolute Gasteiger partial charge is 0.369 e. The van der Waals surface area contributed by atoms with Gasteiger partial charge in [0.05, 0.1) is 28.5 Å². The van der Waals surface area contributed by atoms with Gasteiger partial charge in [-0.2, -0.15) is 5.26 Å². The van der Waals surface area contributed by atoms with Crippen molar-refractivity contribution < 1.29 is 8.42 Å². The molecule has 0 bridgehead atoms. The van der Waals surface area contributed by atoms with Crippen LogP contribution in [0, 0.1) is 25.2 Å². The van der Waals surface area contributed by atoms with Gasteiger partial charge in [-0.15, -0.1) is 0 Å². The third kappa shape index (κ3) is 3.04. The Morgan fingerprint density at radius 1 is 1.32 bits per heavy atom. The predicted octanol–water partition coefficient (Wildman–Crippen LogP) is 1.20. The van der Waals surface area contributed by atoms with E-state index in [0.717, 1.165) is 11.4 Å². The molecule has 1 saturated heterocycles. The van der Waals surface area contributed by atoms with Crippen LogP contribution in [0.2, 0.25) is 0 Å². The summed E-state index contributed by atoms with van der Waals surface area (Å²) >= 11 is 0. The highest BCUT2D eigenvalue weighted by molar-refractivity contribution is 7.91. The summed E-state index contributed by atoms with van der Waals surface area (Å²) in [5.41, 5.74) is 2.90. The van der Waals surface area contributed by atoms with E-state index in [-0.39, 0.29) is 11.5 Å². The molecule has 0 N–H and O–H groups in total. The molecule has 0 unspecified atom stereocenters. The topological polar surface area (TPSA) is 74.1 Å². The average Bonchev–Trinajstić information content (AvgIpc) is 2.49. The Balaban J connectivity index is 2.39. The van der Waals surface area contributed by atoms with Gasteiger partial charge in [-0.3, -0.25) is 4.98 Å². The summed E-state index contributed by atoms with van der Waals surface area (Å²) in [4.78, 5) is 6.28. The van der Waals surface area contributed by atoms with Crippen LogP contribution in [0.3, 0.4) is 0 Å². The van der Waals surface area contributed by atoms with Crippen molar-refractivity contribution in [3.63, 3.8) is 0 Å². The maximum absolute atomic E-state index is 11.6. The normalized spacial score (nSPS) is 18.7. The summed E-state index contributed by atoms with van der Waals surface area (Å²) in [6, 6.07) is 4.04. The van der Waals surface area contributed by atoms with Gasteiger partial charge < -0.3 is 4.90 Å². The van der Waals surface area contributed by atoms with Gasteiger partial charge >= 0.3 is 0 Å². The third-order valence-corrected chi connectivity index (χ3v) is 5.03. The van der Waals surface area contributed by atoms with Crippen molar-refractivity contribution in [2.45, 2.75) is 20.3 Å². The zero-order valence-electron chi connectivity index (χ0n) is 11.2. The van der Waals surface area contributed by atoms with Gasteiger partial charge in [-0.1, -0.05) is 0 Å². The van der Waals surface area contributed by atoms with Crippen LogP contribution in [-0.4, -0.2) is 38.0 Å². The number of rotatable bonds is 1. The molecule has 102 valence electrons. The van der Waals surface area contributed by atoms with Crippen LogP contribution in [0.4, 0.5) is 5.69 Å². The van der Waals surface area contributed by atoms with E-state index in [0.29, 0.717) is 30.8 Å². The van der Waals surface area contributed by atoms with Crippen LogP contribution in [0.15, 0.2) is 6.07 Å². The second-order valence-corrected chi connectivity index (χ2v) is 7.15. The lowest BCUT2D eigenvalue weighted by Crippen LogP contribution is -2.28. The van der Waals surface area contributed by atoms with Gasteiger partial charge in [0, 0.05) is 18.8 Å². The first-order valence-electron chi connectivity index (χ1n) is 6.26. The van der Waals surface area contributed by atoms with E-state index in [1.807, 2.05) is 24.8 Å². The Bertz CT molecular complexity index is 632. The highest BCUT2D eigenvalue weighted by atomic mass is 32.2. The number of hydrogen-bond acceptors (Lipinski definition) is 5. The van der Waals surface area contributed by atoms with Crippen molar-refractivity contribution in [2.75, 3.05) is 29.5 Å². The number of sulfone groups is 1. The highest BCUT2D eigenvalue weighted by Gasteiger charge is 2.22. The van der Waals surface area contributed by atoms with Crippen molar-refractivity contribution in [1.29, 1.82) is 5.26 Å². The minimum Gasteiger partial charge on any atom is -0.369 e. The quantitative estimate of drug-likeness (QED) is 0.772. The zero-order valence-corrected chi connectivity index (χ0v) is 12.0. The van der Waals surface area contributed by atoms with Crippen LogP contribution in [-0.2, 0) is 9.84 Å². The maximum Gasteiger partial charge on any atom is 0.152 e. The molecule has 0 radical (unpaired) electrons. The van der Waals surface area contributed by atoms with Crippen LogP contribution < -0.4 is 4.90 Å². The van der Waals surface area contributed by atoms with E-state index in [2.05, 4.69) is 11.1 Å². The number of nitrogens with zero attached hydrogens (tertiary/aromatic N) is 3. The Morgan fingerprint density at radius 2 is 2.05 bits per heavy atom. The van der Waals surface area contributed by atoms with Crippen molar-refractivity contribution in [3.05, 3.63) is 23.0 Å². The number of nitriles is 1. The zero-order chi connectivity index (χ0) is 14.0. The molecule has 0 spiro atoms. The summed E-state index contributed by atoms with van der Waals surface area (Å²) < 4.78 is 23.3. The molecule has 0 atom stereocenters. The molecule has 2 heterocycles. The second-order valence-electron chi connectivity index (χ2n) is 4.85. The van der Waals surface area contributed by atoms with E-state index in [4.69, 9.17) is 0 Å². The molecule has 1 aromatic rings. The van der Waals surface area contributed by atoms with Gasteiger partial charge in [0.15, 0.2) is 9.84 Å². The first kappa shape index (κ1) is 13.8. The fourth-order valence-corrected chi connectivity index (χ4v) is 3.65. The smallest absolute Gasteiger partial charge is 0.152 e. The lowest BCUT2D eigenvalue weighted by atomic mass is 10.1. The van der Waals surface area contributed by atoms with Gasteiger partial charge in [0.25, 0.3) is 0 Å². The third-order valence-electron chi connectivity index (χ3n) is 3.32. The summed E-state index contributed by atoms with van der Waals surface area (Å²) in [5, 5.41) is 9.26. The first-order valence-corrected chi connectivity index (χ1v) is 8.09. The number of hydrogen-bond donors (Lipinski definition) is 0. The highest BCUT2D eigenvalue weighted by Crippen LogP contribution is 2.24. The maximum atomic E-state index is 11.6. The Kier molecular flexibility index (Phi) is 3.76. The summed E-state index contributed by atoms with van der Waals surface area (Å²) in [6.45, 7) is 4.80. The van der Waals surface area contributed by atoms with Gasteiger partial charge in [0.2, 0.25) is 0 Å². The Morgan fingerprint density at radius 3 is 2.74 bits per heavy atom. The van der Waals surface area contributed by atoms with E-state index < -0.39 is 9.84 Å². The fraction of sp³-hybridized carbons (Fsp3) is 0.538. The van der Waals surface area contributed by atoms with Gasteiger partial charge in [0.1, 0.15) is 6.07 Å². The van der Waals surface area contributed by atoms with E-state index >= 15 is 0 Å². The molecule has 1 fully saturated rings. The van der Waals surface area contributed by atoms with Gasteiger partial charge in [-0.25, -0.2) is 8.42 Å². The number of pyridine rings is 1. The molecule has 1 aliphatic rings. The molecule has 1 aliphatic heterocycles. The van der Waals surface area contributed by atoms with Crippen molar-refractivity contribution in [3.8, 4) is 6.07 Å². The number of aromatic nitrogens is 1. The number of anilines is 1. The van der Waals surface area contributed by atoms with E-state index in [1.165, 1.54) is 0 Å². The molecule has 2 rings (SSSR count). The molecule has 1 aromatic heterocycles. The fourth-order valence-electron chi connectivity index (χ4n) is 2.38. The van der Waals surface area contributed by atoms with E-state index in [9.17, 15) is 13.7 Å². The van der Waals surface area contributed by atoms with Crippen LogP contribution in [0.1, 0.15) is 23.4 Å². The Hall–Kier alpha value is -1.61. The molecule has 0 aliphatic carbocycles. The lowest BCUT2D eigenvalue weighted by Gasteiger charge is -2.24. The average molecular weight is 279 g/mol. The first-order chi connectivity index (χ1) is 8.93. The summed E-state index contributed by atoms with van der Waals surface area (Å²) in [6.07, 6.45) is 0.605. The lowest BCUT2D eigenvalue weighted by molar-refractivity contribution is 0.597. The predicted molar refractivity (Wildman–Crippen MR) is 73.9 cm³/mol. The van der Waals surface area contributed by atoms with E-state index in [1.54, 1.807) is 0 Å². The standard InChI is InChI=1S/C13H17N3O2S/c1-10-8-13(12(9-14)11(2)15-10)16-4-3-6-19(17,18)7-5-16/h8H,3-7H2,1-2H3. The van der Waals surface area contributed by atoms with Crippen molar-refractivity contribution in [2.24, 2.45) is 0 Å². The van der Waals surface area contributed by atoms with Crippen LogP contribution in [0.5, 0.6) is 0 Å². The molecule has 0 amide bonds. The minimum atomic E-state index is -2.94. The van der Waals surface area contributed by atoms with Crippen molar-refractivity contribution in [1.82, 2.24) is 4.98 Å². The van der Waals surface area contributed by atoms with Crippen LogP contribution >= 0.6 is 0 Å². The molecule has 5 nitrogen and oxygen atoms in total. The molecule has 0 aromatic carbocycles. The second kappa shape index (κ2) is 5.17. The number of aryl methyl sites for hydroxylation is 2. The molecular formula is C13H17N3O2S. The summed E-state index contributed by atoms with van der Waals surface area (Å²) in [7, 11) is -2.94.